The van der Waals surface area contributed by atoms with Gasteiger partial charge in [0.15, 0.2) is 0 Å². The normalized spacial score (nSPS) is 14.2. The van der Waals surface area contributed by atoms with Crippen molar-refractivity contribution in [3.05, 3.63) is 125 Å². The molecule has 3 heterocycles. The molecular formula is C31H29ClN6. The van der Waals surface area contributed by atoms with E-state index in [1.165, 1.54) is 11.1 Å². The van der Waals surface area contributed by atoms with Crippen LogP contribution in [-0.4, -0.2) is 50.8 Å². The summed E-state index contributed by atoms with van der Waals surface area (Å²) in [4.78, 5) is 14.4. The first-order valence-corrected chi connectivity index (χ1v) is 13.3. The molecule has 0 bridgehead atoms. The molecule has 3 aromatic carbocycles. The number of rotatable bonds is 6. The minimum atomic E-state index is 0.230. The van der Waals surface area contributed by atoms with Gasteiger partial charge in [-0.25, -0.2) is 14.6 Å². The van der Waals surface area contributed by atoms with Gasteiger partial charge in [0, 0.05) is 49.2 Å². The third-order valence-corrected chi connectivity index (χ3v) is 7.35. The summed E-state index contributed by atoms with van der Waals surface area (Å²) >= 11 is 6.06. The van der Waals surface area contributed by atoms with E-state index in [9.17, 15) is 0 Å². The molecule has 6 rings (SSSR count). The molecule has 5 aromatic rings. The predicted molar refractivity (Wildman–Crippen MR) is 153 cm³/mol. The first-order chi connectivity index (χ1) is 18.7. The number of hydrogen-bond acceptors (Lipinski definition) is 5. The summed E-state index contributed by atoms with van der Waals surface area (Å²) in [6.07, 6.45) is 3.87. The monoisotopic (exact) mass is 520 g/mol. The molecule has 2 aromatic heterocycles. The van der Waals surface area contributed by atoms with Gasteiger partial charge in [0.1, 0.15) is 0 Å². The van der Waals surface area contributed by atoms with E-state index in [4.69, 9.17) is 21.7 Å². The maximum atomic E-state index is 6.06. The smallest absolute Gasteiger partial charge is 0.225 e. The van der Waals surface area contributed by atoms with Crippen molar-refractivity contribution in [3.63, 3.8) is 0 Å². The fourth-order valence-corrected chi connectivity index (χ4v) is 5.28. The highest BCUT2D eigenvalue weighted by Gasteiger charge is 2.27. The largest absolute Gasteiger partial charge is 0.338 e. The molecule has 190 valence electrons. The van der Waals surface area contributed by atoms with Crippen molar-refractivity contribution in [1.82, 2.24) is 24.6 Å². The summed E-state index contributed by atoms with van der Waals surface area (Å²) in [6.45, 7) is 5.59. The number of benzene rings is 3. The molecule has 0 amide bonds. The summed E-state index contributed by atoms with van der Waals surface area (Å²) in [7, 11) is 0. The average molecular weight is 521 g/mol. The molecule has 1 aliphatic rings. The van der Waals surface area contributed by atoms with Gasteiger partial charge in [0.25, 0.3) is 0 Å². The SMILES string of the molecule is Cc1nn(-c2ccc(Cl)cc2)cc1-c1ccnc(N2CCN(C(c3ccccc3)c3ccccc3)CC2)n1. The van der Waals surface area contributed by atoms with Gasteiger partial charge in [-0.2, -0.15) is 5.10 Å². The molecule has 1 saturated heterocycles. The molecule has 7 heteroatoms. The van der Waals surface area contributed by atoms with Crippen molar-refractivity contribution >= 4 is 17.5 Å². The lowest BCUT2D eigenvalue weighted by Crippen LogP contribution is -2.48. The number of hydrogen-bond donors (Lipinski definition) is 0. The minimum Gasteiger partial charge on any atom is -0.338 e. The maximum absolute atomic E-state index is 6.06. The van der Waals surface area contributed by atoms with E-state index in [0.717, 1.165) is 54.8 Å². The van der Waals surface area contributed by atoms with Crippen LogP contribution < -0.4 is 4.90 Å². The van der Waals surface area contributed by atoms with E-state index >= 15 is 0 Å². The van der Waals surface area contributed by atoms with Crippen molar-refractivity contribution in [2.75, 3.05) is 31.1 Å². The Hall–Kier alpha value is -4.00. The van der Waals surface area contributed by atoms with Crippen LogP contribution in [0.5, 0.6) is 0 Å². The Balaban J connectivity index is 1.21. The zero-order valence-corrected chi connectivity index (χ0v) is 22.0. The fraction of sp³-hybridized carbons (Fsp3) is 0.194. The van der Waals surface area contributed by atoms with Gasteiger partial charge in [0.05, 0.1) is 23.1 Å². The van der Waals surface area contributed by atoms with E-state index in [1.807, 2.05) is 54.3 Å². The molecule has 1 fully saturated rings. The highest BCUT2D eigenvalue weighted by molar-refractivity contribution is 6.30. The zero-order valence-electron chi connectivity index (χ0n) is 21.3. The number of halogens is 1. The molecule has 0 saturated carbocycles. The van der Waals surface area contributed by atoms with Gasteiger partial charge in [-0.1, -0.05) is 72.3 Å². The van der Waals surface area contributed by atoms with Crippen LogP contribution in [0.25, 0.3) is 16.9 Å². The first-order valence-electron chi connectivity index (χ1n) is 12.9. The van der Waals surface area contributed by atoms with E-state index in [0.29, 0.717) is 5.02 Å². The fourth-order valence-electron chi connectivity index (χ4n) is 5.15. The van der Waals surface area contributed by atoms with Crippen molar-refractivity contribution in [2.24, 2.45) is 0 Å². The van der Waals surface area contributed by atoms with Crippen LogP contribution in [0.2, 0.25) is 5.02 Å². The zero-order chi connectivity index (χ0) is 25.9. The molecule has 0 radical (unpaired) electrons. The predicted octanol–water partition coefficient (Wildman–Crippen LogP) is 6.20. The van der Waals surface area contributed by atoms with Crippen LogP contribution in [0.15, 0.2) is 103 Å². The van der Waals surface area contributed by atoms with E-state index < -0.39 is 0 Å². The van der Waals surface area contributed by atoms with Crippen molar-refractivity contribution in [3.8, 4) is 16.9 Å². The molecule has 1 aliphatic heterocycles. The molecule has 0 spiro atoms. The Morgan fingerprint density at radius 1 is 0.763 bits per heavy atom. The number of aryl methyl sites for hydroxylation is 1. The van der Waals surface area contributed by atoms with E-state index in [1.54, 1.807) is 0 Å². The quantitative estimate of drug-likeness (QED) is 0.267. The Morgan fingerprint density at radius 2 is 1.39 bits per heavy atom. The Bertz CT molecular complexity index is 1450. The second-order valence-electron chi connectivity index (χ2n) is 9.54. The maximum Gasteiger partial charge on any atom is 0.225 e. The summed E-state index contributed by atoms with van der Waals surface area (Å²) in [5.74, 6) is 0.761. The number of aromatic nitrogens is 4. The summed E-state index contributed by atoms with van der Waals surface area (Å²) in [6, 6.07) is 31.4. The first kappa shape index (κ1) is 24.3. The Morgan fingerprint density at radius 3 is 2.03 bits per heavy atom. The molecular weight excluding hydrogens is 492 g/mol. The standard InChI is InChI=1S/C31H29ClN6/c1-23-28(22-38(35-23)27-14-12-26(32)13-15-27)29-16-17-33-31(34-29)37-20-18-36(19-21-37)30(24-8-4-2-5-9-24)25-10-6-3-7-11-25/h2-17,22,30H,18-21H2,1H3. The van der Waals surface area contributed by atoms with Crippen LogP contribution in [-0.2, 0) is 0 Å². The van der Waals surface area contributed by atoms with Crippen LogP contribution >= 0.6 is 11.6 Å². The van der Waals surface area contributed by atoms with Crippen molar-refractivity contribution in [2.45, 2.75) is 13.0 Å². The lowest BCUT2D eigenvalue weighted by atomic mass is 9.96. The lowest BCUT2D eigenvalue weighted by Gasteiger charge is -2.39. The molecule has 0 aliphatic carbocycles. The third kappa shape index (κ3) is 5.05. The second kappa shape index (κ2) is 10.8. The van der Waals surface area contributed by atoms with E-state index in [2.05, 4.69) is 75.4 Å². The number of piperazine rings is 1. The Labute approximate surface area is 228 Å². The van der Waals surface area contributed by atoms with Crippen molar-refractivity contribution < 1.29 is 0 Å². The molecule has 0 atom stereocenters. The van der Waals surface area contributed by atoms with Gasteiger partial charge >= 0.3 is 0 Å². The summed E-state index contributed by atoms with van der Waals surface area (Å²) in [5, 5.41) is 5.41. The number of anilines is 1. The highest BCUT2D eigenvalue weighted by Crippen LogP contribution is 2.30. The van der Waals surface area contributed by atoms with Crippen LogP contribution in [0.1, 0.15) is 22.9 Å². The van der Waals surface area contributed by atoms with Gasteiger partial charge in [0.2, 0.25) is 5.95 Å². The van der Waals surface area contributed by atoms with Crippen molar-refractivity contribution in [1.29, 1.82) is 0 Å². The van der Waals surface area contributed by atoms with Gasteiger partial charge in [-0.3, -0.25) is 4.90 Å². The molecule has 6 nitrogen and oxygen atoms in total. The topological polar surface area (TPSA) is 50.1 Å². The minimum absolute atomic E-state index is 0.230. The Kier molecular flexibility index (Phi) is 6.90. The van der Waals surface area contributed by atoms with Crippen LogP contribution in [0.3, 0.4) is 0 Å². The van der Waals surface area contributed by atoms with Crippen LogP contribution in [0, 0.1) is 6.92 Å². The summed E-state index contributed by atoms with van der Waals surface area (Å²) in [5.41, 5.74) is 6.39. The van der Waals surface area contributed by atoms with Crippen LogP contribution in [0.4, 0.5) is 5.95 Å². The molecule has 0 N–H and O–H groups in total. The van der Waals surface area contributed by atoms with E-state index in [-0.39, 0.29) is 6.04 Å². The number of nitrogens with zero attached hydrogens (tertiary/aromatic N) is 6. The molecule has 0 unspecified atom stereocenters. The van der Waals surface area contributed by atoms with Gasteiger partial charge in [-0.15, -0.1) is 0 Å². The average Bonchev–Trinajstić information content (AvgIpc) is 3.37. The highest BCUT2D eigenvalue weighted by atomic mass is 35.5. The van der Waals surface area contributed by atoms with Gasteiger partial charge < -0.3 is 4.90 Å². The lowest BCUT2D eigenvalue weighted by molar-refractivity contribution is 0.211. The second-order valence-corrected chi connectivity index (χ2v) is 9.97. The summed E-state index contributed by atoms with van der Waals surface area (Å²) < 4.78 is 1.87. The molecule has 38 heavy (non-hydrogen) atoms. The van der Waals surface area contributed by atoms with Gasteiger partial charge in [-0.05, 0) is 48.4 Å². The third-order valence-electron chi connectivity index (χ3n) is 7.10.